The Morgan fingerprint density at radius 3 is 2.76 bits per heavy atom. The molecule has 1 atom stereocenters. The number of carbonyl (C=O) groups excluding carboxylic acids is 2. The number of imide groups is 1. The van der Waals surface area contributed by atoms with Crippen LogP contribution in [0.15, 0.2) is 4.99 Å². The van der Waals surface area contributed by atoms with Crippen molar-refractivity contribution < 1.29 is 9.59 Å². The van der Waals surface area contributed by atoms with Gasteiger partial charge in [0.15, 0.2) is 0 Å². The summed E-state index contributed by atoms with van der Waals surface area (Å²) in [6, 6.07) is -0.655. The summed E-state index contributed by atoms with van der Waals surface area (Å²) < 4.78 is 0. The monoisotopic (exact) mass is 303 g/mol. The predicted octanol–water partition coefficient (Wildman–Crippen LogP) is 0.781. The van der Waals surface area contributed by atoms with Gasteiger partial charge in [-0.05, 0) is 13.3 Å². The van der Waals surface area contributed by atoms with Crippen LogP contribution in [-0.4, -0.2) is 57.9 Å². The number of hydrazine groups is 1. The van der Waals surface area contributed by atoms with Gasteiger partial charge in [0.2, 0.25) is 6.29 Å². The van der Waals surface area contributed by atoms with Crippen molar-refractivity contribution in [2.24, 2.45) is 4.99 Å². The van der Waals surface area contributed by atoms with Gasteiger partial charge in [-0.3, -0.25) is 10.3 Å². The fourth-order valence-corrected chi connectivity index (χ4v) is 2.06. The molecule has 1 saturated heterocycles. The number of urea groups is 2. The Labute approximate surface area is 108 Å². The van der Waals surface area contributed by atoms with Crippen LogP contribution in [0.4, 0.5) is 9.59 Å². The van der Waals surface area contributed by atoms with Crippen LogP contribution in [0.2, 0.25) is 0 Å². The third kappa shape index (κ3) is 1.97. The van der Waals surface area contributed by atoms with Gasteiger partial charge < -0.3 is 0 Å². The number of hydrogen-bond donors (Lipinski definition) is 1. The number of aliphatic imine (C=N–C) groups is 1. The largest absolute Gasteiger partial charge is 0.350 e. The zero-order valence-corrected chi connectivity index (χ0v) is 11.3. The average molecular weight is 304 g/mol. The maximum Gasteiger partial charge on any atom is 0.350 e. The minimum absolute atomic E-state index is 0.308. The average Bonchev–Trinajstić information content (AvgIpc) is 2.69. The summed E-state index contributed by atoms with van der Waals surface area (Å²) in [4.78, 5) is 30.9. The molecule has 4 amide bonds. The molecule has 7 nitrogen and oxygen atoms in total. The molecule has 8 heteroatoms. The molecule has 1 unspecified atom stereocenters. The molecule has 0 radical (unpaired) electrons. The molecule has 0 aromatic carbocycles. The number of amidine groups is 1. The van der Waals surface area contributed by atoms with Gasteiger partial charge in [-0.2, -0.15) is 5.01 Å². The van der Waals surface area contributed by atoms with E-state index < -0.39 is 6.29 Å². The minimum Gasteiger partial charge on any atom is -0.286 e. The molecular formula is C9H14BrN5O2. The first-order chi connectivity index (χ1) is 8.06. The summed E-state index contributed by atoms with van der Waals surface area (Å²) in [6.45, 7) is 2.16. The zero-order chi connectivity index (χ0) is 12.6. The number of nitrogens with zero attached hydrogens (tertiary/aromatic N) is 4. The lowest BCUT2D eigenvalue weighted by atomic mass is 10.4. The van der Waals surface area contributed by atoms with Crippen LogP contribution in [0.3, 0.4) is 0 Å². The SMILES string of the molecule is CC1=NC2N(C)C(=O)N(CCCBr)C(=O)N2N1. The van der Waals surface area contributed by atoms with Gasteiger partial charge >= 0.3 is 12.1 Å². The molecule has 0 aromatic rings. The Morgan fingerprint density at radius 1 is 1.41 bits per heavy atom. The Hall–Kier alpha value is -1.31. The molecule has 1 N–H and O–H groups in total. The molecule has 2 aliphatic heterocycles. The van der Waals surface area contributed by atoms with Crippen molar-refractivity contribution in [3.8, 4) is 0 Å². The Bertz CT molecular complexity index is 386. The van der Waals surface area contributed by atoms with E-state index in [2.05, 4.69) is 26.3 Å². The second-order valence-corrected chi connectivity index (χ2v) is 4.71. The van der Waals surface area contributed by atoms with Crippen LogP contribution in [-0.2, 0) is 0 Å². The Kier molecular flexibility index (Phi) is 3.23. The lowest BCUT2D eigenvalue weighted by molar-refractivity contribution is 0.0428. The highest BCUT2D eigenvalue weighted by Gasteiger charge is 2.44. The summed E-state index contributed by atoms with van der Waals surface area (Å²) in [6.07, 6.45) is 0.166. The van der Waals surface area contributed by atoms with Crippen molar-refractivity contribution in [3.63, 3.8) is 0 Å². The lowest BCUT2D eigenvalue weighted by Crippen LogP contribution is -2.65. The Balaban J connectivity index is 2.18. The molecule has 17 heavy (non-hydrogen) atoms. The van der Waals surface area contributed by atoms with E-state index in [-0.39, 0.29) is 12.1 Å². The van der Waals surface area contributed by atoms with Gasteiger partial charge in [-0.1, -0.05) is 15.9 Å². The fourth-order valence-electron chi connectivity index (χ4n) is 1.81. The number of rotatable bonds is 3. The predicted molar refractivity (Wildman–Crippen MR) is 65.5 cm³/mol. The molecule has 2 aliphatic rings. The number of carbonyl (C=O) groups is 2. The fraction of sp³-hybridized carbons (Fsp3) is 0.667. The molecular weight excluding hydrogens is 290 g/mol. The topological polar surface area (TPSA) is 68.2 Å². The van der Waals surface area contributed by atoms with Crippen LogP contribution >= 0.6 is 15.9 Å². The van der Waals surface area contributed by atoms with Gasteiger partial charge in [0.1, 0.15) is 5.84 Å². The molecule has 0 aromatic heterocycles. The normalized spacial score (nSPS) is 23.8. The molecule has 0 saturated carbocycles. The quantitative estimate of drug-likeness (QED) is 0.784. The van der Waals surface area contributed by atoms with Crippen LogP contribution in [0.1, 0.15) is 13.3 Å². The van der Waals surface area contributed by atoms with Gasteiger partial charge in [-0.25, -0.2) is 19.5 Å². The van der Waals surface area contributed by atoms with E-state index in [9.17, 15) is 9.59 Å². The van der Waals surface area contributed by atoms with E-state index in [0.29, 0.717) is 12.4 Å². The number of alkyl halides is 1. The number of fused-ring (bicyclic) bond motifs is 1. The second kappa shape index (κ2) is 4.52. The Morgan fingerprint density at radius 2 is 2.12 bits per heavy atom. The van der Waals surface area contributed by atoms with Gasteiger partial charge in [0.25, 0.3) is 0 Å². The van der Waals surface area contributed by atoms with Crippen molar-refractivity contribution in [3.05, 3.63) is 0 Å². The van der Waals surface area contributed by atoms with E-state index in [1.54, 1.807) is 14.0 Å². The maximum atomic E-state index is 12.1. The molecule has 2 heterocycles. The number of hydrogen-bond acceptors (Lipinski definition) is 4. The highest BCUT2D eigenvalue weighted by atomic mass is 79.9. The third-order valence-electron chi connectivity index (χ3n) is 2.65. The van der Waals surface area contributed by atoms with Crippen molar-refractivity contribution in [1.82, 2.24) is 20.2 Å². The molecule has 0 spiro atoms. The number of nitrogens with one attached hydrogen (secondary N) is 1. The molecule has 0 bridgehead atoms. The summed E-state index contributed by atoms with van der Waals surface area (Å²) in [5.41, 5.74) is 2.85. The first-order valence-corrected chi connectivity index (χ1v) is 6.43. The number of halogens is 1. The highest BCUT2D eigenvalue weighted by molar-refractivity contribution is 9.09. The van der Waals surface area contributed by atoms with E-state index in [1.165, 1.54) is 14.8 Å². The van der Waals surface area contributed by atoms with E-state index in [1.807, 2.05) is 0 Å². The van der Waals surface area contributed by atoms with Crippen LogP contribution in [0.25, 0.3) is 0 Å². The third-order valence-corrected chi connectivity index (χ3v) is 3.21. The van der Waals surface area contributed by atoms with Gasteiger partial charge in [0.05, 0.1) is 0 Å². The molecule has 94 valence electrons. The first-order valence-electron chi connectivity index (χ1n) is 5.31. The van der Waals surface area contributed by atoms with Crippen LogP contribution < -0.4 is 5.43 Å². The second-order valence-electron chi connectivity index (χ2n) is 3.91. The number of amides is 4. The van der Waals surface area contributed by atoms with Crippen LogP contribution in [0, 0.1) is 0 Å². The highest BCUT2D eigenvalue weighted by Crippen LogP contribution is 2.20. The summed E-state index contributed by atoms with van der Waals surface area (Å²) in [5, 5.41) is 2.12. The molecule has 2 rings (SSSR count). The van der Waals surface area contributed by atoms with E-state index in [4.69, 9.17) is 0 Å². The van der Waals surface area contributed by atoms with Crippen molar-refractivity contribution >= 4 is 33.8 Å². The molecule has 0 aliphatic carbocycles. The zero-order valence-electron chi connectivity index (χ0n) is 9.68. The van der Waals surface area contributed by atoms with Gasteiger partial charge in [-0.15, -0.1) is 0 Å². The first kappa shape index (κ1) is 12.2. The summed E-state index contributed by atoms with van der Waals surface area (Å²) >= 11 is 3.28. The summed E-state index contributed by atoms with van der Waals surface area (Å²) in [5.74, 6) is 0.630. The van der Waals surface area contributed by atoms with Crippen molar-refractivity contribution in [1.29, 1.82) is 0 Å². The standard InChI is InChI=1S/C9H14BrN5O2/c1-6-11-7-13(2)8(16)14(5-3-4-10)9(17)15(7)12-6/h7H,3-5H2,1-2H3,(H,11,12). The van der Waals surface area contributed by atoms with E-state index in [0.717, 1.165) is 11.8 Å². The van der Waals surface area contributed by atoms with Crippen molar-refractivity contribution in [2.75, 3.05) is 18.9 Å². The lowest BCUT2D eigenvalue weighted by Gasteiger charge is -2.40. The van der Waals surface area contributed by atoms with E-state index >= 15 is 0 Å². The molecule has 1 fully saturated rings. The van der Waals surface area contributed by atoms with Gasteiger partial charge in [0, 0.05) is 18.9 Å². The van der Waals surface area contributed by atoms with Crippen molar-refractivity contribution in [2.45, 2.75) is 19.6 Å². The van der Waals surface area contributed by atoms with Crippen LogP contribution in [0.5, 0.6) is 0 Å². The maximum absolute atomic E-state index is 12.1. The summed E-state index contributed by atoms with van der Waals surface area (Å²) in [7, 11) is 1.64. The minimum atomic E-state index is -0.560. The smallest absolute Gasteiger partial charge is 0.286 e.